The van der Waals surface area contributed by atoms with Gasteiger partial charge in [-0.3, -0.25) is 4.79 Å². The SMILES string of the molecule is Cc1ccc(-c2nnc(-c3ccc(NC(=O)COc4cccc(C)c4)cc3)o2)cc1. The standard InChI is InChI=1S/C24H21N3O3/c1-16-6-8-18(9-7-16)23-26-27-24(30-23)19-10-12-20(13-11-19)25-22(28)15-29-21-5-3-4-17(2)14-21/h3-14H,15H2,1-2H3,(H,25,28). The molecule has 0 spiro atoms. The predicted molar refractivity (Wildman–Crippen MR) is 115 cm³/mol. The van der Waals surface area contributed by atoms with E-state index < -0.39 is 0 Å². The number of nitrogens with one attached hydrogen (secondary N) is 1. The third-order valence-electron chi connectivity index (χ3n) is 4.50. The van der Waals surface area contributed by atoms with E-state index in [-0.39, 0.29) is 12.5 Å². The van der Waals surface area contributed by atoms with Crippen LogP contribution in [-0.4, -0.2) is 22.7 Å². The molecule has 0 bridgehead atoms. The van der Waals surface area contributed by atoms with Crippen molar-refractivity contribution >= 4 is 11.6 Å². The van der Waals surface area contributed by atoms with Crippen molar-refractivity contribution < 1.29 is 13.9 Å². The zero-order valence-electron chi connectivity index (χ0n) is 16.8. The van der Waals surface area contributed by atoms with Crippen molar-refractivity contribution in [1.29, 1.82) is 0 Å². The fourth-order valence-electron chi connectivity index (χ4n) is 2.90. The van der Waals surface area contributed by atoms with Crippen molar-refractivity contribution in [2.45, 2.75) is 13.8 Å². The zero-order valence-corrected chi connectivity index (χ0v) is 16.8. The summed E-state index contributed by atoms with van der Waals surface area (Å²) in [5.74, 6) is 1.33. The fourth-order valence-corrected chi connectivity index (χ4v) is 2.90. The summed E-state index contributed by atoms with van der Waals surface area (Å²) in [7, 11) is 0. The summed E-state index contributed by atoms with van der Waals surface area (Å²) in [5, 5.41) is 11.1. The van der Waals surface area contributed by atoms with E-state index in [9.17, 15) is 4.79 Å². The minimum atomic E-state index is -0.233. The summed E-state index contributed by atoms with van der Waals surface area (Å²) in [5.41, 5.74) is 4.55. The first-order valence-electron chi connectivity index (χ1n) is 9.57. The molecule has 1 N–H and O–H groups in total. The number of hydrogen-bond acceptors (Lipinski definition) is 5. The number of rotatable bonds is 6. The van der Waals surface area contributed by atoms with Crippen molar-refractivity contribution in [1.82, 2.24) is 10.2 Å². The van der Waals surface area contributed by atoms with E-state index in [2.05, 4.69) is 15.5 Å². The zero-order chi connectivity index (χ0) is 20.9. The Bertz CT molecular complexity index is 1150. The van der Waals surface area contributed by atoms with Crippen LogP contribution in [0.4, 0.5) is 5.69 Å². The molecule has 6 heteroatoms. The molecule has 0 aliphatic heterocycles. The molecule has 1 amide bonds. The monoisotopic (exact) mass is 399 g/mol. The molecule has 0 saturated heterocycles. The average Bonchev–Trinajstić information content (AvgIpc) is 3.24. The summed E-state index contributed by atoms with van der Waals surface area (Å²) in [6.07, 6.45) is 0. The van der Waals surface area contributed by atoms with Gasteiger partial charge >= 0.3 is 0 Å². The molecule has 1 aromatic heterocycles. The minimum Gasteiger partial charge on any atom is -0.484 e. The Morgan fingerprint density at radius 1 is 0.867 bits per heavy atom. The molecule has 1 heterocycles. The summed E-state index contributed by atoms with van der Waals surface area (Å²) in [6.45, 7) is 3.94. The number of nitrogens with zero attached hydrogens (tertiary/aromatic N) is 2. The van der Waals surface area contributed by atoms with Gasteiger partial charge < -0.3 is 14.5 Å². The van der Waals surface area contributed by atoms with Gasteiger partial charge in [0.2, 0.25) is 11.8 Å². The van der Waals surface area contributed by atoms with Crippen LogP contribution in [0.25, 0.3) is 22.9 Å². The lowest BCUT2D eigenvalue weighted by Gasteiger charge is -2.08. The Labute approximate surface area is 174 Å². The number of hydrogen-bond donors (Lipinski definition) is 1. The Morgan fingerprint density at radius 2 is 1.50 bits per heavy atom. The molecule has 0 fully saturated rings. The van der Waals surface area contributed by atoms with Crippen LogP contribution < -0.4 is 10.1 Å². The number of carbonyl (C=O) groups excluding carboxylic acids is 1. The Kier molecular flexibility index (Phi) is 5.57. The van der Waals surface area contributed by atoms with E-state index >= 15 is 0 Å². The number of ether oxygens (including phenoxy) is 1. The van der Waals surface area contributed by atoms with Gasteiger partial charge in [-0.15, -0.1) is 10.2 Å². The van der Waals surface area contributed by atoms with E-state index in [1.54, 1.807) is 12.1 Å². The number of anilines is 1. The largest absolute Gasteiger partial charge is 0.484 e. The molecule has 0 saturated carbocycles. The van der Waals surface area contributed by atoms with E-state index in [1.165, 1.54) is 5.56 Å². The maximum absolute atomic E-state index is 12.1. The Morgan fingerprint density at radius 3 is 2.13 bits per heavy atom. The topological polar surface area (TPSA) is 77.2 Å². The van der Waals surface area contributed by atoms with Crippen LogP contribution in [-0.2, 0) is 4.79 Å². The number of amides is 1. The van der Waals surface area contributed by atoms with Gasteiger partial charge in [-0.2, -0.15) is 0 Å². The van der Waals surface area contributed by atoms with Crippen LogP contribution >= 0.6 is 0 Å². The molecule has 6 nitrogen and oxygen atoms in total. The number of carbonyl (C=O) groups is 1. The molecule has 0 aliphatic rings. The van der Waals surface area contributed by atoms with Crippen LogP contribution in [0.15, 0.2) is 77.2 Å². The van der Waals surface area contributed by atoms with Crippen molar-refractivity contribution in [2.24, 2.45) is 0 Å². The average molecular weight is 399 g/mol. The van der Waals surface area contributed by atoms with Gasteiger partial charge in [0, 0.05) is 16.8 Å². The number of aromatic nitrogens is 2. The maximum Gasteiger partial charge on any atom is 0.262 e. The van der Waals surface area contributed by atoms with Gasteiger partial charge in [0.25, 0.3) is 5.91 Å². The molecule has 0 radical (unpaired) electrons. The van der Waals surface area contributed by atoms with Gasteiger partial charge in [-0.05, 0) is 67.9 Å². The lowest BCUT2D eigenvalue weighted by atomic mass is 10.1. The van der Waals surface area contributed by atoms with Crippen LogP contribution in [0.2, 0.25) is 0 Å². The number of aryl methyl sites for hydroxylation is 2. The first-order valence-corrected chi connectivity index (χ1v) is 9.57. The highest BCUT2D eigenvalue weighted by Crippen LogP contribution is 2.25. The van der Waals surface area contributed by atoms with Crippen LogP contribution in [0.5, 0.6) is 5.75 Å². The maximum atomic E-state index is 12.1. The fraction of sp³-hybridized carbons (Fsp3) is 0.125. The summed E-state index contributed by atoms with van der Waals surface area (Å²) in [4.78, 5) is 12.1. The van der Waals surface area contributed by atoms with E-state index in [4.69, 9.17) is 9.15 Å². The normalized spacial score (nSPS) is 10.6. The Hall–Kier alpha value is -3.93. The molecule has 0 atom stereocenters. The van der Waals surface area contributed by atoms with Gasteiger partial charge in [-0.25, -0.2) is 0 Å². The van der Waals surface area contributed by atoms with Gasteiger partial charge in [0.05, 0.1) is 0 Å². The molecule has 0 unspecified atom stereocenters. The lowest BCUT2D eigenvalue weighted by Crippen LogP contribution is -2.20. The number of benzene rings is 3. The highest BCUT2D eigenvalue weighted by Gasteiger charge is 2.11. The van der Waals surface area contributed by atoms with Crippen molar-refractivity contribution in [3.63, 3.8) is 0 Å². The van der Waals surface area contributed by atoms with Crippen molar-refractivity contribution in [3.8, 4) is 28.7 Å². The quantitative estimate of drug-likeness (QED) is 0.492. The first-order chi connectivity index (χ1) is 14.6. The molecule has 4 aromatic rings. The molecular weight excluding hydrogens is 378 g/mol. The second-order valence-electron chi connectivity index (χ2n) is 7.01. The molecule has 30 heavy (non-hydrogen) atoms. The summed E-state index contributed by atoms with van der Waals surface area (Å²) >= 11 is 0. The Balaban J connectivity index is 1.37. The molecule has 150 valence electrons. The summed E-state index contributed by atoms with van der Waals surface area (Å²) < 4.78 is 11.3. The van der Waals surface area contributed by atoms with Crippen molar-refractivity contribution in [3.05, 3.63) is 83.9 Å². The highest BCUT2D eigenvalue weighted by molar-refractivity contribution is 5.92. The van der Waals surface area contributed by atoms with Gasteiger partial charge in [0.15, 0.2) is 6.61 Å². The molecule has 4 rings (SSSR count). The van der Waals surface area contributed by atoms with Crippen LogP contribution in [0, 0.1) is 13.8 Å². The molecule has 0 aliphatic carbocycles. The van der Waals surface area contributed by atoms with Crippen molar-refractivity contribution in [2.75, 3.05) is 11.9 Å². The van der Waals surface area contributed by atoms with E-state index in [0.29, 0.717) is 23.2 Å². The smallest absolute Gasteiger partial charge is 0.262 e. The molecular formula is C24H21N3O3. The lowest BCUT2D eigenvalue weighted by molar-refractivity contribution is -0.118. The molecule has 3 aromatic carbocycles. The second-order valence-corrected chi connectivity index (χ2v) is 7.01. The second kappa shape index (κ2) is 8.61. The highest BCUT2D eigenvalue weighted by atomic mass is 16.5. The minimum absolute atomic E-state index is 0.0607. The third kappa shape index (κ3) is 4.72. The third-order valence-corrected chi connectivity index (χ3v) is 4.50. The summed E-state index contributed by atoms with van der Waals surface area (Å²) in [6, 6.07) is 22.7. The van der Waals surface area contributed by atoms with E-state index in [0.717, 1.165) is 16.7 Å². The first kappa shape index (κ1) is 19.4. The van der Waals surface area contributed by atoms with Crippen LogP contribution in [0.3, 0.4) is 0 Å². The predicted octanol–water partition coefficient (Wildman–Crippen LogP) is 5.04. The van der Waals surface area contributed by atoms with E-state index in [1.807, 2.05) is 74.5 Å². The van der Waals surface area contributed by atoms with Gasteiger partial charge in [-0.1, -0.05) is 29.8 Å². The van der Waals surface area contributed by atoms with Gasteiger partial charge in [0.1, 0.15) is 5.75 Å². The van der Waals surface area contributed by atoms with Crippen LogP contribution in [0.1, 0.15) is 11.1 Å².